The van der Waals surface area contributed by atoms with E-state index in [9.17, 15) is 22.8 Å². The molecule has 0 aromatic heterocycles. The summed E-state index contributed by atoms with van der Waals surface area (Å²) in [5.41, 5.74) is -2.94. The number of methoxy groups -OCH3 is 1. The van der Waals surface area contributed by atoms with Crippen molar-refractivity contribution in [3.05, 3.63) is 59.2 Å². The van der Waals surface area contributed by atoms with Crippen molar-refractivity contribution in [1.29, 1.82) is 5.26 Å². The monoisotopic (exact) mass is 499 g/mol. The molecule has 4 atom stereocenters. The van der Waals surface area contributed by atoms with Crippen LogP contribution >= 0.6 is 0 Å². The number of imide groups is 1. The molecule has 3 aliphatic rings. The van der Waals surface area contributed by atoms with Gasteiger partial charge in [-0.2, -0.15) is 18.4 Å². The summed E-state index contributed by atoms with van der Waals surface area (Å²) in [6.45, 7) is 4.86. The van der Waals surface area contributed by atoms with Gasteiger partial charge in [0.05, 0.1) is 53.0 Å². The molecule has 2 amide bonds. The van der Waals surface area contributed by atoms with Gasteiger partial charge in [0, 0.05) is 19.6 Å². The lowest BCUT2D eigenvalue weighted by molar-refractivity contribution is -0.170. The molecule has 3 aliphatic heterocycles. The Labute approximate surface area is 206 Å². The highest BCUT2D eigenvalue weighted by atomic mass is 19.4. The van der Waals surface area contributed by atoms with Crippen molar-refractivity contribution in [2.45, 2.75) is 37.8 Å². The second-order valence-corrected chi connectivity index (χ2v) is 10.0. The fourth-order valence-corrected chi connectivity index (χ4v) is 6.16. The van der Waals surface area contributed by atoms with Gasteiger partial charge in [0.25, 0.3) is 0 Å². The maximum absolute atomic E-state index is 13.6. The summed E-state index contributed by atoms with van der Waals surface area (Å²) in [6.07, 6.45) is -4.80. The van der Waals surface area contributed by atoms with E-state index in [-0.39, 0.29) is 5.69 Å². The van der Waals surface area contributed by atoms with Gasteiger partial charge in [0.15, 0.2) is 0 Å². The Morgan fingerprint density at radius 2 is 1.72 bits per heavy atom. The lowest BCUT2D eigenvalue weighted by Crippen LogP contribution is -2.57. The average Bonchev–Trinajstić information content (AvgIpc) is 3.18. The number of benzene rings is 2. The van der Waals surface area contributed by atoms with E-state index in [1.54, 1.807) is 21.0 Å². The third-order valence-corrected chi connectivity index (χ3v) is 7.39. The molecule has 188 valence electrons. The zero-order valence-electron chi connectivity index (χ0n) is 19.9. The first-order chi connectivity index (χ1) is 16.9. The summed E-state index contributed by atoms with van der Waals surface area (Å²) in [5.74, 6) is -2.13. The van der Waals surface area contributed by atoms with Crippen molar-refractivity contribution in [3.8, 4) is 11.8 Å². The van der Waals surface area contributed by atoms with Gasteiger partial charge in [-0.05, 0) is 49.7 Å². The van der Waals surface area contributed by atoms with E-state index in [1.165, 1.54) is 12.1 Å². The first-order valence-electron chi connectivity index (χ1n) is 11.4. The van der Waals surface area contributed by atoms with Crippen molar-refractivity contribution >= 4 is 17.5 Å². The van der Waals surface area contributed by atoms with E-state index in [0.717, 1.165) is 22.3 Å². The number of hydrogen-bond acceptors (Lipinski definition) is 6. The lowest BCUT2D eigenvalue weighted by atomic mass is 9.79. The molecule has 5 rings (SSSR count). The number of anilines is 1. The summed E-state index contributed by atoms with van der Waals surface area (Å²) in [7, 11) is 1.59. The van der Waals surface area contributed by atoms with Crippen LogP contribution in [0.3, 0.4) is 0 Å². The molecule has 0 N–H and O–H groups in total. The topological polar surface area (TPSA) is 82.9 Å². The molecule has 36 heavy (non-hydrogen) atoms. The van der Waals surface area contributed by atoms with Gasteiger partial charge in [-0.3, -0.25) is 14.5 Å². The molecule has 0 radical (unpaired) electrons. The number of halogens is 3. The molecule has 1 unspecified atom stereocenters. The highest BCUT2D eigenvalue weighted by Gasteiger charge is 2.71. The van der Waals surface area contributed by atoms with Crippen molar-refractivity contribution in [1.82, 2.24) is 4.90 Å². The Kier molecular flexibility index (Phi) is 5.43. The van der Waals surface area contributed by atoms with Gasteiger partial charge in [-0.1, -0.05) is 12.1 Å². The fraction of sp³-hybridized carbons (Fsp3) is 0.423. The van der Waals surface area contributed by atoms with Crippen LogP contribution in [0.4, 0.5) is 18.9 Å². The van der Waals surface area contributed by atoms with Crippen LogP contribution in [0.2, 0.25) is 0 Å². The molecule has 0 saturated carbocycles. The number of amides is 2. The van der Waals surface area contributed by atoms with Crippen LogP contribution in [0.25, 0.3) is 0 Å². The number of likely N-dealkylation sites (tertiary alicyclic amines) is 1. The zero-order chi connectivity index (χ0) is 26.0. The predicted molar refractivity (Wildman–Crippen MR) is 122 cm³/mol. The summed E-state index contributed by atoms with van der Waals surface area (Å²) in [6, 6.07) is 12.0. The molecule has 2 aromatic carbocycles. The van der Waals surface area contributed by atoms with Gasteiger partial charge in [0.2, 0.25) is 11.8 Å². The summed E-state index contributed by atoms with van der Waals surface area (Å²) in [5, 5.41) is 9.08. The van der Waals surface area contributed by atoms with Crippen LogP contribution in [-0.2, 0) is 27.0 Å². The van der Waals surface area contributed by atoms with Crippen LogP contribution in [0.1, 0.15) is 30.5 Å². The third-order valence-electron chi connectivity index (χ3n) is 7.39. The summed E-state index contributed by atoms with van der Waals surface area (Å²) >= 11 is 0. The molecule has 3 heterocycles. The first-order valence-corrected chi connectivity index (χ1v) is 11.4. The van der Waals surface area contributed by atoms with E-state index in [1.807, 2.05) is 24.3 Å². The number of nitrogens with zero attached hydrogens (tertiary/aromatic N) is 3. The molecule has 0 aliphatic carbocycles. The Morgan fingerprint density at radius 1 is 1.08 bits per heavy atom. The maximum Gasteiger partial charge on any atom is 0.417 e. The standard InChI is InChI=1S/C26H24F3N3O4/c1-24-13-31(12-15-5-4-6-18(9-15)35-3)14-25(2,36-24)21-20(24)22(33)32(23(21)34)17-8-7-16(11-30)19(10-17)26(27,28)29/h4-10,20-21H,12-14H2,1-3H3/t20-,21?,24-,25+/m0/s1. The van der Waals surface area contributed by atoms with Crippen LogP contribution in [0.15, 0.2) is 42.5 Å². The second-order valence-electron chi connectivity index (χ2n) is 10.0. The molecule has 0 spiro atoms. The number of rotatable bonds is 4. The molecule has 7 nitrogen and oxygen atoms in total. The van der Waals surface area contributed by atoms with Crippen LogP contribution < -0.4 is 9.64 Å². The van der Waals surface area contributed by atoms with Gasteiger partial charge in [-0.25, -0.2) is 4.90 Å². The average molecular weight is 499 g/mol. The van der Waals surface area contributed by atoms with Crippen molar-refractivity contribution in [3.63, 3.8) is 0 Å². The zero-order valence-corrected chi connectivity index (χ0v) is 19.9. The number of fused-ring (bicyclic) bond motifs is 5. The number of morpholine rings is 1. The van der Waals surface area contributed by atoms with Gasteiger partial charge in [-0.15, -0.1) is 0 Å². The Balaban J connectivity index is 1.47. The van der Waals surface area contributed by atoms with E-state index in [0.29, 0.717) is 25.7 Å². The number of carbonyl (C=O) groups is 2. The Hall–Kier alpha value is -3.42. The van der Waals surface area contributed by atoms with Crippen LogP contribution in [-0.4, -0.2) is 48.1 Å². The number of ether oxygens (including phenoxy) is 2. The highest BCUT2D eigenvalue weighted by molar-refractivity contribution is 6.23. The lowest BCUT2D eigenvalue weighted by Gasteiger charge is -2.45. The van der Waals surface area contributed by atoms with Gasteiger partial charge < -0.3 is 9.47 Å². The molecule has 3 fully saturated rings. The minimum Gasteiger partial charge on any atom is -0.497 e. The molecule has 10 heteroatoms. The molecule has 3 saturated heterocycles. The number of alkyl halides is 3. The third kappa shape index (κ3) is 3.65. The van der Waals surface area contributed by atoms with E-state index >= 15 is 0 Å². The van der Waals surface area contributed by atoms with Crippen LogP contribution in [0.5, 0.6) is 5.75 Å². The van der Waals surface area contributed by atoms with Crippen molar-refractivity contribution in [2.24, 2.45) is 11.8 Å². The van der Waals surface area contributed by atoms with E-state index in [2.05, 4.69) is 4.90 Å². The second kappa shape index (κ2) is 8.05. The number of hydrogen-bond donors (Lipinski definition) is 0. The van der Waals surface area contributed by atoms with Gasteiger partial charge in [0.1, 0.15) is 5.75 Å². The number of carbonyl (C=O) groups excluding carboxylic acids is 2. The first kappa shape index (κ1) is 24.3. The molecule has 2 bridgehead atoms. The molecule has 2 aromatic rings. The Morgan fingerprint density at radius 3 is 2.28 bits per heavy atom. The fourth-order valence-electron chi connectivity index (χ4n) is 6.16. The quantitative estimate of drug-likeness (QED) is 0.596. The van der Waals surface area contributed by atoms with Crippen molar-refractivity contribution in [2.75, 3.05) is 25.1 Å². The van der Waals surface area contributed by atoms with E-state index in [4.69, 9.17) is 14.7 Å². The Bertz CT molecular complexity index is 1270. The largest absolute Gasteiger partial charge is 0.497 e. The van der Waals surface area contributed by atoms with Crippen molar-refractivity contribution < 1.29 is 32.2 Å². The predicted octanol–water partition coefficient (Wildman–Crippen LogP) is 3.75. The minimum atomic E-state index is -4.80. The SMILES string of the molecule is COc1cccc(CN2C[C@@]3(C)O[C@@](C)(C2)[C@@H]2C(=O)N(c4ccc(C#N)c(C(F)(F)F)c4)C(=O)C23)c1. The van der Waals surface area contributed by atoms with Gasteiger partial charge >= 0.3 is 6.18 Å². The normalized spacial score (nSPS) is 29.9. The smallest absolute Gasteiger partial charge is 0.417 e. The van der Waals surface area contributed by atoms with E-state index < -0.39 is 52.2 Å². The highest BCUT2D eigenvalue weighted by Crippen LogP contribution is 2.55. The maximum atomic E-state index is 13.6. The number of nitriles is 1. The van der Waals surface area contributed by atoms with Crippen LogP contribution in [0, 0.1) is 23.2 Å². The summed E-state index contributed by atoms with van der Waals surface area (Å²) < 4.78 is 52.2. The minimum absolute atomic E-state index is 0.191. The molecular formula is C26H24F3N3O4. The summed E-state index contributed by atoms with van der Waals surface area (Å²) in [4.78, 5) is 30.2. The molecular weight excluding hydrogens is 475 g/mol.